The van der Waals surface area contributed by atoms with Crippen molar-refractivity contribution in [3.8, 4) is 5.75 Å². The summed E-state index contributed by atoms with van der Waals surface area (Å²) in [6.07, 6.45) is 1.82. The van der Waals surface area contributed by atoms with E-state index in [1.165, 1.54) is 11.8 Å². The first kappa shape index (κ1) is 12.8. The molecule has 1 aliphatic heterocycles. The summed E-state index contributed by atoms with van der Waals surface area (Å²) in [5.74, 6) is 0.692. The number of halogens is 1. The number of amides is 1. The second-order valence-corrected chi connectivity index (χ2v) is 6.13. The van der Waals surface area contributed by atoms with Crippen molar-refractivity contribution in [2.75, 3.05) is 7.11 Å². The molecule has 1 saturated heterocycles. The average Bonchev–Trinajstić information content (AvgIpc) is 2.58. The quantitative estimate of drug-likeness (QED) is 0.489. The lowest BCUT2D eigenvalue weighted by Crippen LogP contribution is -2.17. The number of ether oxygens (including phenoxy) is 1. The van der Waals surface area contributed by atoms with E-state index < -0.39 is 0 Å². The molecule has 0 spiro atoms. The van der Waals surface area contributed by atoms with Gasteiger partial charge in [0.05, 0.1) is 15.6 Å². The average molecular weight is 377 g/mol. The predicted octanol–water partition coefficient (Wildman–Crippen LogP) is 2.79. The summed E-state index contributed by atoms with van der Waals surface area (Å²) >= 11 is 8.40. The number of nitrogens with one attached hydrogen (secondary N) is 1. The molecule has 0 saturated carbocycles. The van der Waals surface area contributed by atoms with Gasteiger partial charge in [-0.3, -0.25) is 4.79 Å². The highest BCUT2D eigenvalue weighted by Gasteiger charge is 2.21. The zero-order valence-electron chi connectivity index (χ0n) is 8.82. The molecule has 0 atom stereocenters. The van der Waals surface area contributed by atoms with Gasteiger partial charge in [-0.05, 0) is 46.4 Å². The SMILES string of the molecule is COc1ccc(/C=C2\SC(=S)NC2=O)cc1I. The van der Waals surface area contributed by atoms with Crippen LogP contribution in [0, 0.1) is 3.57 Å². The Bertz CT molecular complexity index is 528. The number of thioether (sulfide) groups is 1. The summed E-state index contributed by atoms with van der Waals surface area (Å²) in [6.45, 7) is 0. The molecule has 0 unspecified atom stereocenters. The lowest BCUT2D eigenvalue weighted by Gasteiger charge is -2.03. The summed E-state index contributed by atoms with van der Waals surface area (Å²) in [7, 11) is 1.63. The summed E-state index contributed by atoms with van der Waals surface area (Å²) in [6, 6.07) is 5.74. The van der Waals surface area contributed by atoms with Crippen LogP contribution in [0.25, 0.3) is 6.08 Å². The van der Waals surface area contributed by atoms with Crippen LogP contribution < -0.4 is 10.1 Å². The molecule has 0 bridgehead atoms. The first-order valence-electron chi connectivity index (χ1n) is 4.68. The van der Waals surface area contributed by atoms with Crippen molar-refractivity contribution in [2.24, 2.45) is 0 Å². The fourth-order valence-electron chi connectivity index (χ4n) is 1.34. The number of carbonyl (C=O) groups excluding carboxylic acids is 1. The third kappa shape index (κ3) is 2.99. The second kappa shape index (κ2) is 5.36. The van der Waals surface area contributed by atoms with Gasteiger partial charge in [0, 0.05) is 0 Å². The number of benzene rings is 1. The van der Waals surface area contributed by atoms with Crippen LogP contribution in [-0.2, 0) is 4.79 Å². The molecule has 0 radical (unpaired) electrons. The van der Waals surface area contributed by atoms with Crippen molar-refractivity contribution >= 4 is 62.9 Å². The van der Waals surface area contributed by atoms with Crippen molar-refractivity contribution in [1.29, 1.82) is 0 Å². The molecule has 6 heteroatoms. The van der Waals surface area contributed by atoms with Crippen LogP contribution in [0.5, 0.6) is 5.75 Å². The number of hydrogen-bond acceptors (Lipinski definition) is 4. The van der Waals surface area contributed by atoms with Crippen LogP contribution >= 0.6 is 46.6 Å². The van der Waals surface area contributed by atoms with Crippen molar-refractivity contribution in [3.63, 3.8) is 0 Å². The van der Waals surface area contributed by atoms with E-state index in [2.05, 4.69) is 27.9 Å². The minimum absolute atomic E-state index is 0.133. The highest BCUT2D eigenvalue weighted by molar-refractivity contribution is 14.1. The molecule has 1 fully saturated rings. The van der Waals surface area contributed by atoms with Gasteiger partial charge < -0.3 is 10.1 Å². The molecule has 1 N–H and O–H groups in total. The van der Waals surface area contributed by atoms with Gasteiger partial charge in [-0.1, -0.05) is 30.0 Å². The van der Waals surface area contributed by atoms with Gasteiger partial charge in [0.1, 0.15) is 10.1 Å². The monoisotopic (exact) mass is 377 g/mol. The third-order valence-corrected chi connectivity index (χ3v) is 4.12. The Balaban J connectivity index is 2.30. The Kier molecular flexibility index (Phi) is 4.05. The Morgan fingerprint density at radius 3 is 2.82 bits per heavy atom. The minimum Gasteiger partial charge on any atom is -0.496 e. The zero-order chi connectivity index (χ0) is 12.4. The van der Waals surface area contributed by atoms with Crippen molar-refractivity contribution < 1.29 is 9.53 Å². The molecule has 0 aromatic heterocycles. The van der Waals surface area contributed by atoms with E-state index in [0.717, 1.165) is 14.9 Å². The highest BCUT2D eigenvalue weighted by Crippen LogP contribution is 2.28. The third-order valence-electron chi connectivity index (χ3n) is 2.12. The van der Waals surface area contributed by atoms with Gasteiger partial charge >= 0.3 is 0 Å². The van der Waals surface area contributed by atoms with Crippen LogP contribution in [0.1, 0.15) is 5.56 Å². The standard InChI is InChI=1S/C11H8INO2S2/c1-15-8-3-2-6(4-7(8)12)5-9-10(14)13-11(16)17-9/h2-5H,1H3,(H,13,14,16)/b9-5-. The van der Waals surface area contributed by atoms with Crippen molar-refractivity contribution in [1.82, 2.24) is 5.32 Å². The number of thiocarbonyl (C=S) groups is 1. The zero-order valence-corrected chi connectivity index (χ0v) is 12.6. The van der Waals surface area contributed by atoms with E-state index in [0.29, 0.717) is 9.23 Å². The maximum atomic E-state index is 11.5. The molecule has 88 valence electrons. The highest BCUT2D eigenvalue weighted by atomic mass is 127. The van der Waals surface area contributed by atoms with Crippen LogP contribution in [0.2, 0.25) is 0 Å². The maximum absolute atomic E-state index is 11.5. The number of carbonyl (C=O) groups is 1. The largest absolute Gasteiger partial charge is 0.496 e. The molecule has 3 nitrogen and oxygen atoms in total. The second-order valence-electron chi connectivity index (χ2n) is 3.25. The first-order chi connectivity index (χ1) is 8.10. The van der Waals surface area contributed by atoms with E-state index >= 15 is 0 Å². The maximum Gasteiger partial charge on any atom is 0.263 e. The molecular weight excluding hydrogens is 369 g/mol. The van der Waals surface area contributed by atoms with Gasteiger partial charge in [0.2, 0.25) is 0 Å². The number of rotatable bonds is 2. The summed E-state index contributed by atoms with van der Waals surface area (Å²) in [5, 5.41) is 2.58. The van der Waals surface area contributed by atoms with Gasteiger partial charge in [0.15, 0.2) is 0 Å². The Morgan fingerprint density at radius 2 is 2.29 bits per heavy atom. The lowest BCUT2D eigenvalue weighted by molar-refractivity contribution is -0.115. The fraction of sp³-hybridized carbons (Fsp3) is 0.0909. The van der Waals surface area contributed by atoms with Crippen molar-refractivity contribution in [2.45, 2.75) is 0 Å². The van der Waals surface area contributed by atoms with Gasteiger partial charge in [-0.25, -0.2) is 0 Å². The molecule has 2 rings (SSSR count). The molecule has 1 heterocycles. The minimum atomic E-state index is -0.133. The fourth-order valence-corrected chi connectivity index (χ4v) is 3.15. The van der Waals surface area contributed by atoms with Crippen LogP contribution in [0.3, 0.4) is 0 Å². The Hall–Kier alpha value is -0.600. The normalized spacial score (nSPS) is 17.4. The Morgan fingerprint density at radius 1 is 1.53 bits per heavy atom. The van der Waals surface area contributed by atoms with E-state index in [-0.39, 0.29) is 5.91 Å². The van der Waals surface area contributed by atoms with E-state index in [1.54, 1.807) is 7.11 Å². The van der Waals surface area contributed by atoms with Gasteiger partial charge in [0.25, 0.3) is 5.91 Å². The van der Waals surface area contributed by atoms with Crippen LogP contribution in [0.15, 0.2) is 23.1 Å². The van der Waals surface area contributed by atoms with E-state index in [9.17, 15) is 4.79 Å². The molecule has 1 aromatic rings. The summed E-state index contributed by atoms with van der Waals surface area (Å²) in [5.41, 5.74) is 0.956. The number of hydrogen-bond donors (Lipinski definition) is 1. The first-order valence-corrected chi connectivity index (χ1v) is 6.99. The van der Waals surface area contributed by atoms with E-state index in [4.69, 9.17) is 17.0 Å². The molecular formula is C11H8INO2S2. The number of methoxy groups -OCH3 is 1. The smallest absolute Gasteiger partial charge is 0.263 e. The van der Waals surface area contributed by atoms with Crippen molar-refractivity contribution in [3.05, 3.63) is 32.2 Å². The predicted molar refractivity (Wildman–Crippen MR) is 82.0 cm³/mol. The molecule has 1 amide bonds. The molecule has 1 aromatic carbocycles. The summed E-state index contributed by atoms with van der Waals surface area (Å²) < 4.78 is 6.68. The summed E-state index contributed by atoms with van der Waals surface area (Å²) in [4.78, 5) is 12.1. The van der Waals surface area contributed by atoms with Crippen LogP contribution in [0.4, 0.5) is 0 Å². The molecule has 1 aliphatic rings. The Labute approximate surface area is 122 Å². The van der Waals surface area contributed by atoms with Crippen LogP contribution in [-0.4, -0.2) is 17.3 Å². The van der Waals surface area contributed by atoms with Gasteiger partial charge in [-0.2, -0.15) is 0 Å². The van der Waals surface area contributed by atoms with Gasteiger partial charge in [-0.15, -0.1) is 0 Å². The molecule has 17 heavy (non-hydrogen) atoms. The topological polar surface area (TPSA) is 38.3 Å². The lowest BCUT2D eigenvalue weighted by atomic mass is 10.2. The molecule has 0 aliphatic carbocycles. The van der Waals surface area contributed by atoms with E-state index in [1.807, 2.05) is 24.3 Å².